The minimum Gasteiger partial charge on any atom is -0.496 e. The summed E-state index contributed by atoms with van der Waals surface area (Å²) in [6.45, 7) is 2.02. The molecule has 0 spiro atoms. The summed E-state index contributed by atoms with van der Waals surface area (Å²) in [6, 6.07) is 3.00. The van der Waals surface area contributed by atoms with Crippen molar-refractivity contribution in [1.29, 1.82) is 0 Å². The van der Waals surface area contributed by atoms with Crippen LogP contribution < -0.4 is 4.74 Å². The highest BCUT2D eigenvalue weighted by Crippen LogP contribution is 2.32. The van der Waals surface area contributed by atoms with Crippen LogP contribution in [0.1, 0.15) is 12.5 Å². The second kappa shape index (κ2) is 5.60. The Kier molecular flexibility index (Phi) is 3.88. The Morgan fingerprint density at radius 1 is 1.45 bits per heavy atom. The van der Waals surface area contributed by atoms with Crippen molar-refractivity contribution >= 4 is 22.6 Å². The molecule has 0 radical (unpaired) electrons. The summed E-state index contributed by atoms with van der Waals surface area (Å²) in [7, 11) is 1.43. The number of H-pyrrole nitrogens is 1. The summed E-state index contributed by atoms with van der Waals surface area (Å²) in [5.41, 5.74) is 0.921. The molecule has 0 aliphatic heterocycles. The monoisotopic (exact) mass is 278 g/mol. The molecule has 7 nitrogen and oxygen atoms in total. The van der Waals surface area contributed by atoms with Crippen LogP contribution in [0, 0.1) is 10.1 Å². The first-order valence-electron chi connectivity index (χ1n) is 6.04. The van der Waals surface area contributed by atoms with Crippen molar-refractivity contribution in [3.63, 3.8) is 0 Å². The number of fused-ring (bicyclic) bond motifs is 1. The molecule has 1 heterocycles. The molecule has 20 heavy (non-hydrogen) atoms. The summed E-state index contributed by atoms with van der Waals surface area (Å²) in [6.07, 6.45) is 1.63. The third-order valence-corrected chi connectivity index (χ3v) is 2.90. The largest absolute Gasteiger partial charge is 0.496 e. The molecule has 106 valence electrons. The predicted octanol–water partition coefficient (Wildman–Crippen LogP) is 2.19. The summed E-state index contributed by atoms with van der Waals surface area (Å²) in [4.78, 5) is 24.9. The van der Waals surface area contributed by atoms with Gasteiger partial charge in [0.25, 0.3) is 5.69 Å². The van der Waals surface area contributed by atoms with Crippen molar-refractivity contribution in [1.82, 2.24) is 4.98 Å². The molecule has 0 bridgehead atoms. The quantitative estimate of drug-likeness (QED) is 0.514. The Morgan fingerprint density at radius 2 is 2.20 bits per heavy atom. The molecule has 0 unspecified atom stereocenters. The molecular weight excluding hydrogens is 264 g/mol. The Balaban J connectivity index is 2.50. The van der Waals surface area contributed by atoms with Gasteiger partial charge in [-0.2, -0.15) is 0 Å². The Bertz CT molecular complexity index is 662. The summed E-state index contributed by atoms with van der Waals surface area (Å²) in [5.74, 6) is -0.00668. The van der Waals surface area contributed by atoms with Crippen LogP contribution in [0.25, 0.3) is 10.9 Å². The van der Waals surface area contributed by atoms with Gasteiger partial charge in [0.15, 0.2) is 0 Å². The number of ether oxygens (including phenoxy) is 2. The van der Waals surface area contributed by atoms with Crippen LogP contribution in [-0.2, 0) is 16.0 Å². The molecule has 0 atom stereocenters. The Hall–Kier alpha value is -2.57. The molecule has 0 saturated heterocycles. The molecule has 0 aliphatic rings. The minimum absolute atomic E-state index is 0.0537. The van der Waals surface area contributed by atoms with Crippen LogP contribution >= 0.6 is 0 Å². The molecule has 2 rings (SSSR count). The number of aromatic nitrogens is 1. The number of nitrogens with zero attached hydrogens (tertiary/aromatic N) is 1. The van der Waals surface area contributed by atoms with Gasteiger partial charge in [0.2, 0.25) is 0 Å². The van der Waals surface area contributed by atoms with Crippen molar-refractivity contribution in [2.45, 2.75) is 13.3 Å². The number of esters is 1. The third-order valence-electron chi connectivity index (χ3n) is 2.90. The van der Waals surface area contributed by atoms with Gasteiger partial charge in [-0.25, -0.2) is 0 Å². The molecule has 0 saturated carbocycles. The standard InChI is InChI=1S/C13H14N2O5/c1-3-20-12(16)4-8-7-14-13-10(8)5-9(19-2)6-11(13)15(17)18/h5-7,14H,3-4H2,1-2H3. The predicted molar refractivity (Wildman–Crippen MR) is 71.8 cm³/mol. The number of carbonyl (C=O) groups is 1. The zero-order chi connectivity index (χ0) is 14.7. The van der Waals surface area contributed by atoms with Crippen LogP contribution in [0.3, 0.4) is 0 Å². The van der Waals surface area contributed by atoms with E-state index in [9.17, 15) is 14.9 Å². The van der Waals surface area contributed by atoms with Gasteiger partial charge in [-0.1, -0.05) is 0 Å². The van der Waals surface area contributed by atoms with E-state index in [4.69, 9.17) is 9.47 Å². The third kappa shape index (κ3) is 2.56. The number of methoxy groups -OCH3 is 1. The fraction of sp³-hybridized carbons (Fsp3) is 0.308. The number of hydrogen-bond acceptors (Lipinski definition) is 5. The molecule has 0 aliphatic carbocycles. The lowest BCUT2D eigenvalue weighted by atomic mass is 10.1. The minimum atomic E-state index is -0.491. The SMILES string of the molecule is CCOC(=O)Cc1c[nH]c2c([N+](=O)[O-])cc(OC)cc12. The summed E-state index contributed by atoms with van der Waals surface area (Å²) < 4.78 is 9.94. The summed E-state index contributed by atoms with van der Waals surface area (Å²) >= 11 is 0. The molecule has 2 aromatic rings. The van der Waals surface area contributed by atoms with Crippen molar-refractivity contribution in [3.05, 3.63) is 34.0 Å². The van der Waals surface area contributed by atoms with E-state index < -0.39 is 4.92 Å². The number of rotatable bonds is 5. The number of nitro groups is 1. The Morgan fingerprint density at radius 3 is 2.80 bits per heavy atom. The second-order valence-electron chi connectivity index (χ2n) is 4.12. The van der Waals surface area contributed by atoms with E-state index in [1.54, 1.807) is 19.2 Å². The van der Waals surface area contributed by atoms with Crippen molar-refractivity contribution < 1.29 is 19.2 Å². The highest BCUT2D eigenvalue weighted by Gasteiger charge is 2.19. The van der Waals surface area contributed by atoms with Crippen LogP contribution in [0.2, 0.25) is 0 Å². The lowest BCUT2D eigenvalue weighted by molar-refractivity contribution is -0.383. The van der Waals surface area contributed by atoms with Crippen molar-refractivity contribution in [2.75, 3.05) is 13.7 Å². The van der Waals surface area contributed by atoms with Crippen LogP contribution in [0.5, 0.6) is 5.75 Å². The molecule has 1 aromatic carbocycles. The fourth-order valence-corrected chi connectivity index (χ4v) is 2.02. The van der Waals surface area contributed by atoms with Gasteiger partial charge < -0.3 is 14.5 Å². The van der Waals surface area contributed by atoms with E-state index in [0.29, 0.717) is 28.8 Å². The molecule has 1 N–H and O–H groups in total. The van der Waals surface area contributed by atoms with Crippen LogP contribution in [-0.4, -0.2) is 29.6 Å². The van der Waals surface area contributed by atoms with Gasteiger partial charge in [0.05, 0.1) is 31.1 Å². The summed E-state index contributed by atoms with van der Waals surface area (Å²) in [5, 5.41) is 11.6. The molecule has 1 aromatic heterocycles. The number of carbonyl (C=O) groups excluding carboxylic acids is 1. The first kappa shape index (κ1) is 13.9. The smallest absolute Gasteiger partial charge is 0.310 e. The lowest BCUT2D eigenvalue weighted by Crippen LogP contribution is -2.07. The number of hydrogen-bond donors (Lipinski definition) is 1. The second-order valence-corrected chi connectivity index (χ2v) is 4.12. The van der Waals surface area contributed by atoms with E-state index in [-0.39, 0.29) is 18.1 Å². The first-order chi connectivity index (χ1) is 9.56. The van der Waals surface area contributed by atoms with Gasteiger partial charge in [-0.05, 0) is 18.6 Å². The van der Waals surface area contributed by atoms with E-state index >= 15 is 0 Å². The highest BCUT2D eigenvalue weighted by molar-refractivity contribution is 5.94. The highest BCUT2D eigenvalue weighted by atomic mass is 16.6. The topological polar surface area (TPSA) is 94.5 Å². The van der Waals surface area contributed by atoms with Gasteiger partial charge in [-0.3, -0.25) is 14.9 Å². The van der Waals surface area contributed by atoms with Gasteiger partial charge in [0, 0.05) is 11.6 Å². The molecule has 0 fully saturated rings. The average molecular weight is 278 g/mol. The normalized spacial score (nSPS) is 10.5. The van der Waals surface area contributed by atoms with Crippen molar-refractivity contribution in [2.24, 2.45) is 0 Å². The molecule has 0 amide bonds. The zero-order valence-electron chi connectivity index (χ0n) is 11.1. The van der Waals surface area contributed by atoms with E-state index in [1.165, 1.54) is 13.2 Å². The molecule has 7 heteroatoms. The van der Waals surface area contributed by atoms with Crippen LogP contribution in [0.15, 0.2) is 18.3 Å². The van der Waals surface area contributed by atoms with E-state index in [1.807, 2.05) is 0 Å². The Labute approximate surface area is 114 Å². The van der Waals surface area contributed by atoms with E-state index in [0.717, 1.165) is 0 Å². The van der Waals surface area contributed by atoms with Crippen LogP contribution in [0.4, 0.5) is 5.69 Å². The maximum absolute atomic E-state index is 11.5. The van der Waals surface area contributed by atoms with Crippen molar-refractivity contribution in [3.8, 4) is 5.75 Å². The number of aromatic amines is 1. The number of non-ortho nitro benzene ring substituents is 1. The zero-order valence-corrected chi connectivity index (χ0v) is 11.1. The average Bonchev–Trinajstić information content (AvgIpc) is 2.80. The van der Waals surface area contributed by atoms with Gasteiger partial charge >= 0.3 is 5.97 Å². The molecular formula is C13H14N2O5. The number of nitro benzene ring substituents is 1. The number of benzene rings is 1. The first-order valence-corrected chi connectivity index (χ1v) is 6.04. The maximum Gasteiger partial charge on any atom is 0.310 e. The van der Waals surface area contributed by atoms with E-state index in [2.05, 4.69) is 4.98 Å². The lowest BCUT2D eigenvalue weighted by Gasteiger charge is -2.03. The maximum atomic E-state index is 11.5. The fourth-order valence-electron chi connectivity index (χ4n) is 2.02. The van der Waals surface area contributed by atoms with Gasteiger partial charge in [-0.15, -0.1) is 0 Å². The number of nitrogens with one attached hydrogen (secondary N) is 1. The van der Waals surface area contributed by atoms with Gasteiger partial charge in [0.1, 0.15) is 11.3 Å².